The lowest BCUT2D eigenvalue weighted by atomic mass is 9.96. The van der Waals surface area contributed by atoms with Crippen LogP contribution >= 0.6 is 0 Å². The number of pyridine rings is 1. The van der Waals surface area contributed by atoms with Gasteiger partial charge in [-0.2, -0.15) is 0 Å². The number of hydrogen-bond acceptors (Lipinski definition) is 3. The molecular formula is C21H25N3O2. The monoisotopic (exact) mass is 351 g/mol. The molecule has 1 aliphatic heterocycles. The molecule has 0 N–H and O–H groups in total. The van der Waals surface area contributed by atoms with E-state index in [1.165, 1.54) is 0 Å². The number of nitrogens with zero attached hydrogens (tertiary/aromatic N) is 3. The zero-order valence-electron chi connectivity index (χ0n) is 15.2. The van der Waals surface area contributed by atoms with Gasteiger partial charge in [0, 0.05) is 39.1 Å². The Kier molecular flexibility index (Phi) is 6.00. The first kappa shape index (κ1) is 18.1. The molecule has 1 fully saturated rings. The van der Waals surface area contributed by atoms with E-state index < -0.39 is 0 Å². The van der Waals surface area contributed by atoms with Gasteiger partial charge in [0.1, 0.15) is 0 Å². The molecule has 1 aromatic carbocycles. The van der Waals surface area contributed by atoms with Crippen LogP contribution in [-0.4, -0.2) is 46.7 Å². The molecule has 3 rings (SSSR count). The molecule has 1 aliphatic rings. The van der Waals surface area contributed by atoms with E-state index in [9.17, 15) is 9.59 Å². The van der Waals surface area contributed by atoms with Crippen LogP contribution in [0.15, 0.2) is 54.9 Å². The van der Waals surface area contributed by atoms with Crippen molar-refractivity contribution in [2.24, 2.45) is 5.92 Å². The smallest absolute Gasteiger partial charge is 0.227 e. The Morgan fingerprint density at radius 3 is 2.65 bits per heavy atom. The van der Waals surface area contributed by atoms with Gasteiger partial charge in [-0.1, -0.05) is 36.4 Å². The van der Waals surface area contributed by atoms with Crippen molar-refractivity contribution in [1.82, 2.24) is 14.8 Å². The second-order valence-corrected chi connectivity index (χ2v) is 6.90. The van der Waals surface area contributed by atoms with E-state index in [-0.39, 0.29) is 17.7 Å². The summed E-state index contributed by atoms with van der Waals surface area (Å²) < 4.78 is 0. The van der Waals surface area contributed by atoms with E-state index in [2.05, 4.69) is 4.98 Å². The third-order valence-electron chi connectivity index (χ3n) is 4.84. The minimum Gasteiger partial charge on any atom is -0.342 e. The summed E-state index contributed by atoms with van der Waals surface area (Å²) in [5.41, 5.74) is 2.02. The molecule has 26 heavy (non-hydrogen) atoms. The minimum absolute atomic E-state index is 0.101. The van der Waals surface area contributed by atoms with Gasteiger partial charge in [0.25, 0.3) is 0 Å². The van der Waals surface area contributed by atoms with Crippen molar-refractivity contribution in [3.63, 3.8) is 0 Å². The number of likely N-dealkylation sites (tertiary alicyclic amines) is 1. The van der Waals surface area contributed by atoms with E-state index in [4.69, 9.17) is 0 Å². The van der Waals surface area contributed by atoms with Crippen molar-refractivity contribution >= 4 is 11.8 Å². The molecule has 1 aromatic heterocycles. The van der Waals surface area contributed by atoms with Crippen LogP contribution in [0.1, 0.15) is 24.0 Å². The third-order valence-corrected chi connectivity index (χ3v) is 4.84. The van der Waals surface area contributed by atoms with Crippen LogP contribution in [0.25, 0.3) is 0 Å². The summed E-state index contributed by atoms with van der Waals surface area (Å²) >= 11 is 0. The zero-order chi connectivity index (χ0) is 18.4. The summed E-state index contributed by atoms with van der Waals surface area (Å²) in [4.78, 5) is 33.1. The van der Waals surface area contributed by atoms with E-state index >= 15 is 0 Å². The van der Waals surface area contributed by atoms with Crippen LogP contribution in [0.3, 0.4) is 0 Å². The molecule has 1 saturated heterocycles. The van der Waals surface area contributed by atoms with Crippen molar-refractivity contribution < 1.29 is 9.59 Å². The molecule has 0 saturated carbocycles. The zero-order valence-corrected chi connectivity index (χ0v) is 15.2. The third kappa shape index (κ3) is 4.69. The average Bonchev–Trinajstić information content (AvgIpc) is 2.69. The summed E-state index contributed by atoms with van der Waals surface area (Å²) in [5.74, 6) is 0.0832. The highest BCUT2D eigenvalue weighted by molar-refractivity contribution is 5.82. The second kappa shape index (κ2) is 8.61. The van der Waals surface area contributed by atoms with E-state index in [0.717, 1.165) is 30.5 Å². The average molecular weight is 351 g/mol. The molecule has 0 radical (unpaired) electrons. The second-order valence-electron chi connectivity index (χ2n) is 6.90. The van der Waals surface area contributed by atoms with Crippen molar-refractivity contribution in [3.8, 4) is 0 Å². The lowest BCUT2D eigenvalue weighted by Gasteiger charge is -2.34. The van der Waals surface area contributed by atoms with Gasteiger partial charge < -0.3 is 9.80 Å². The molecule has 5 nitrogen and oxygen atoms in total. The van der Waals surface area contributed by atoms with E-state index in [1.807, 2.05) is 54.4 Å². The van der Waals surface area contributed by atoms with Crippen LogP contribution in [0, 0.1) is 5.92 Å². The Labute approximate surface area is 154 Å². The fourth-order valence-corrected chi connectivity index (χ4v) is 3.44. The number of carbonyl (C=O) groups excluding carboxylic acids is 2. The minimum atomic E-state index is -0.120. The lowest BCUT2D eigenvalue weighted by Crippen LogP contribution is -2.46. The molecule has 2 amide bonds. The van der Waals surface area contributed by atoms with Crippen LogP contribution in [0.2, 0.25) is 0 Å². The normalized spacial score (nSPS) is 17.0. The molecule has 2 heterocycles. The number of benzene rings is 1. The Balaban J connectivity index is 1.57. The largest absolute Gasteiger partial charge is 0.342 e. The van der Waals surface area contributed by atoms with Gasteiger partial charge in [-0.05, 0) is 30.0 Å². The first-order valence-electron chi connectivity index (χ1n) is 9.09. The summed E-state index contributed by atoms with van der Waals surface area (Å²) in [6.07, 6.45) is 5.61. The molecule has 1 unspecified atom stereocenters. The Bertz CT molecular complexity index is 733. The van der Waals surface area contributed by atoms with Crippen molar-refractivity contribution in [3.05, 3.63) is 66.0 Å². The van der Waals surface area contributed by atoms with Crippen LogP contribution < -0.4 is 0 Å². The summed E-state index contributed by atoms with van der Waals surface area (Å²) in [6.45, 7) is 1.80. The molecule has 0 bridgehead atoms. The highest BCUT2D eigenvalue weighted by Gasteiger charge is 2.30. The maximum absolute atomic E-state index is 12.8. The highest BCUT2D eigenvalue weighted by atomic mass is 16.2. The maximum Gasteiger partial charge on any atom is 0.227 e. The van der Waals surface area contributed by atoms with Gasteiger partial charge in [-0.25, -0.2) is 0 Å². The molecule has 0 spiro atoms. The summed E-state index contributed by atoms with van der Waals surface area (Å²) in [6, 6.07) is 13.6. The Hall–Kier alpha value is -2.69. The standard InChI is InChI=1S/C21H25N3O2/c1-23(15-18-9-5-11-22-14-18)21(26)19-10-6-12-24(16-19)20(25)13-17-7-3-2-4-8-17/h2-5,7-9,11,14,19H,6,10,12-13,15-16H2,1H3. The van der Waals surface area contributed by atoms with Crippen LogP contribution in [0.5, 0.6) is 0 Å². The van der Waals surface area contributed by atoms with Gasteiger partial charge in [0.2, 0.25) is 11.8 Å². The number of amides is 2. The number of rotatable bonds is 5. The van der Waals surface area contributed by atoms with Crippen molar-refractivity contribution in [2.45, 2.75) is 25.8 Å². The van der Waals surface area contributed by atoms with Gasteiger partial charge in [-0.3, -0.25) is 14.6 Å². The molecule has 2 aromatic rings. The highest BCUT2D eigenvalue weighted by Crippen LogP contribution is 2.20. The Morgan fingerprint density at radius 2 is 1.92 bits per heavy atom. The maximum atomic E-state index is 12.8. The fourth-order valence-electron chi connectivity index (χ4n) is 3.44. The van der Waals surface area contributed by atoms with Crippen LogP contribution in [0.4, 0.5) is 0 Å². The predicted octanol–water partition coefficient (Wildman–Crippen LogP) is 2.52. The van der Waals surface area contributed by atoms with E-state index in [1.54, 1.807) is 17.3 Å². The van der Waals surface area contributed by atoms with Gasteiger partial charge >= 0.3 is 0 Å². The number of piperidine rings is 1. The number of hydrogen-bond donors (Lipinski definition) is 0. The molecular weight excluding hydrogens is 326 g/mol. The molecule has 5 heteroatoms. The van der Waals surface area contributed by atoms with Gasteiger partial charge in [0.15, 0.2) is 0 Å². The topological polar surface area (TPSA) is 53.5 Å². The molecule has 0 aliphatic carbocycles. The lowest BCUT2D eigenvalue weighted by molar-refractivity contribution is -0.140. The number of aromatic nitrogens is 1. The molecule has 136 valence electrons. The van der Waals surface area contributed by atoms with Crippen LogP contribution in [-0.2, 0) is 22.6 Å². The SMILES string of the molecule is CN(Cc1cccnc1)C(=O)C1CCCN(C(=O)Cc2ccccc2)C1. The van der Waals surface area contributed by atoms with Crippen molar-refractivity contribution in [1.29, 1.82) is 0 Å². The predicted molar refractivity (Wildman–Crippen MR) is 100 cm³/mol. The summed E-state index contributed by atoms with van der Waals surface area (Å²) in [5, 5.41) is 0. The summed E-state index contributed by atoms with van der Waals surface area (Å²) in [7, 11) is 1.82. The van der Waals surface area contributed by atoms with Gasteiger partial charge in [-0.15, -0.1) is 0 Å². The molecule has 1 atom stereocenters. The van der Waals surface area contributed by atoms with Crippen molar-refractivity contribution in [2.75, 3.05) is 20.1 Å². The quantitative estimate of drug-likeness (QED) is 0.832. The van der Waals surface area contributed by atoms with E-state index in [0.29, 0.717) is 19.5 Å². The fraction of sp³-hybridized carbons (Fsp3) is 0.381. The first-order chi connectivity index (χ1) is 12.6. The first-order valence-corrected chi connectivity index (χ1v) is 9.09. The Morgan fingerprint density at radius 1 is 1.15 bits per heavy atom. The number of carbonyl (C=O) groups is 2. The van der Waals surface area contributed by atoms with Gasteiger partial charge in [0.05, 0.1) is 12.3 Å².